The number of ether oxygens (including phenoxy) is 1. The van der Waals surface area contributed by atoms with Gasteiger partial charge in [0.2, 0.25) is 0 Å². The highest BCUT2D eigenvalue weighted by atomic mass is 19.2. The number of carbonyl (C=O) groups is 1. The molecule has 1 heterocycles. The molecule has 3 rings (SSSR count). The van der Waals surface area contributed by atoms with Gasteiger partial charge in [-0.2, -0.15) is 11.4 Å². The van der Waals surface area contributed by atoms with Crippen LogP contribution in [0.15, 0.2) is 78.7 Å². The number of aromatic nitrogens is 1. The maximum Gasteiger partial charge on any atom is 0.351 e. The maximum absolute atomic E-state index is 14.9. The fraction of sp³-hybridized carbons (Fsp3) is 0.160. The van der Waals surface area contributed by atoms with Crippen molar-refractivity contribution in [3.63, 3.8) is 0 Å². The zero-order valence-corrected chi connectivity index (χ0v) is 17.7. The predicted molar refractivity (Wildman–Crippen MR) is 125 cm³/mol. The Bertz CT molecular complexity index is 1110. The molecule has 0 aliphatic rings. The summed E-state index contributed by atoms with van der Waals surface area (Å²) in [5.41, 5.74) is 3.48. The average molecular weight is 420 g/mol. The number of carbonyl (C=O) groups excluding carboxylic acids is 1. The molecule has 2 aromatic carbocycles. The quantitative estimate of drug-likeness (QED) is 0.253. The first-order valence-electron chi connectivity index (χ1n) is 10.3. The largest absolute Gasteiger partial charge is 0.469 e. The first-order chi connectivity index (χ1) is 14.9. The highest BCUT2D eigenvalue weighted by Crippen LogP contribution is 2.36. The molecule has 0 saturated carbocycles. The Hall–Kier alpha value is -3.41. The van der Waals surface area contributed by atoms with Crippen LogP contribution in [-0.2, 0) is 9.53 Å². The van der Waals surface area contributed by atoms with E-state index in [0.717, 1.165) is 22.4 Å². The number of rotatable bonds is 8. The van der Waals surface area contributed by atoms with Crippen LogP contribution in [0.5, 0.6) is 0 Å². The van der Waals surface area contributed by atoms with Crippen LogP contribution in [0.4, 0.5) is 8.63 Å². The van der Waals surface area contributed by atoms with Crippen LogP contribution in [-0.4, -0.2) is 24.3 Å². The van der Waals surface area contributed by atoms with Crippen molar-refractivity contribution in [2.75, 3.05) is 6.61 Å². The molecule has 0 amide bonds. The number of allylic oxidation sites excluding steroid dienone is 1. The minimum atomic E-state index is -3.89. The number of esters is 1. The molecule has 31 heavy (non-hydrogen) atoms. The summed E-state index contributed by atoms with van der Waals surface area (Å²) in [7, 11) is 0. The SMILES string of the molecule is C=C[B-](F)(F)/C(CC)=C(\c1ccc(/C=C/C(=O)OCC)cc1)c1cc2ccccc2[nH]1. The van der Waals surface area contributed by atoms with Crippen LogP contribution < -0.4 is 0 Å². The van der Waals surface area contributed by atoms with Gasteiger partial charge in [0.15, 0.2) is 0 Å². The van der Waals surface area contributed by atoms with Gasteiger partial charge < -0.3 is 18.4 Å². The number of aromatic amines is 1. The van der Waals surface area contributed by atoms with Crippen LogP contribution in [0.25, 0.3) is 22.6 Å². The summed E-state index contributed by atoms with van der Waals surface area (Å²) >= 11 is 0. The monoisotopic (exact) mass is 420 g/mol. The molecule has 0 bridgehead atoms. The molecule has 0 saturated heterocycles. The molecule has 0 aliphatic heterocycles. The molecule has 160 valence electrons. The molecular formula is C25H25BF2NO2-. The van der Waals surface area contributed by atoms with Gasteiger partial charge in [-0.25, -0.2) is 4.79 Å². The molecule has 1 N–H and O–H groups in total. The number of nitrogens with one attached hydrogen (secondary N) is 1. The van der Waals surface area contributed by atoms with Gasteiger partial charge in [-0.15, -0.1) is 6.58 Å². The minimum Gasteiger partial charge on any atom is -0.469 e. The molecule has 6 heteroatoms. The van der Waals surface area contributed by atoms with Crippen molar-refractivity contribution in [2.45, 2.75) is 20.3 Å². The average Bonchev–Trinajstić information content (AvgIpc) is 3.20. The lowest BCUT2D eigenvalue weighted by Crippen LogP contribution is -2.24. The van der Waals surface area contributed by atoms with Crippen molar-refractivity contribution in [2.24, 2.45) is 0 Å². The van der Waals surface area contributed by atoms with Crippen LogP contribution in [0.2, 0.25) is 0 Å². The number of H-pyrrole nitrogens is 1. The van der Waals surface area contributed by atoms with Crippen molar-refractivity contribution in [3.8, 4) is 0 Å². The summed E-state index contributed by atoms with van der Waals surface area (Å²) in [6.07, 6.45) is 3.17. The number of hydrogen-bond acceptors (Lipinski definition) is 2. The third-order valence-corrected chi connectivity index (χ3v) is 5.16. The van der Waals surface area contributed by atoms with Crippen LogP contribution in [0.1, 0.15) is 37.1 Å². The van der Waals surface area contributed by atoms with Gasteiger partial charge in [0.1, 0.15) is 0 Å². The Balaban J connectivity index is 2.11. The van der Waals surface area contributed by atoms with Crippen LogP contribution in [0.3, 0.4) is 0 Å². The maximum atomic E-state index is 14.9. The zero-order chi connectivity index (χ0) is 22.4. The minimum absolute atomic E-state index is 0.0522. The molecular weight excluding hydrogens is 395 g/mol. The molecule has 3 aromatic rings. The fourth-order valence-electron chi connectivity index (χ4n) is 3.62. The number of para-hydroxylation sites is 1. The standard InChI is InChI=1S/C25H25BF2NO2/c1-4-21(26(27,28)5-2)25(23-17-20-9-7-8-10-22(20)29-23)19-14-11-18(12-15-19)13-16-24(30)31-6-3/h5,7-17,29H,2,4,6H2,1,3H3/q-1/b16-13+,25-21+. The van der Waals surface area contributed by atoms with Gasteiger partial charge in [-0.05, 0) is 41.8 Å². The lowest BCUT2D eigenvalue weighted by Gasteiger charge is -2.27. The molecule has 0 unspecified atom stereocenters. The van der Waals surface area contributed by atoms with Crippen molar-refractivity contribution in [3.05, 3.63) is 95.5 Å². The Morgan fingerprint density at radius 3 is 2.45 bits per heavy atom. The summed E-state index contributed by atoms with van der Waals surface area (Å²) in [5.74, 6) is 0.324. The summed E-state index contributed by atoms with van der Waals surface area (Å²) in [4.78, 5) is 14.8. The third-order valence-electron chi connectivity index (χ3n) is 5.16. The normalized spacial score (nSPS) is 12.8. The van der Waals surface area contributed by atoms with E-state index in [-0.39, 0.29) is 11.9 Å². The highest BCUT2D eigenvalue weighted by Gasteiger charge is 2.27. The number of halogens is 2. The molecule has 1 aromatic heterocycles. The van der Waals surface area contributed by atoms with E-state index in [1.165, 1.54) is 6.08 Å². The summed E-state index contributed by atoms with van der Waals surface area (Å²) in [5, 5.41) is 0.953. The lowest BCUT2D eigenvalue weighted by molar-refractivity contribution is -0.137. The van der Waals surface area contributed by atoms with Gasteiger partial charge in [-0.1, -0.05) is 55.8 Å². The molecule has 0 spiro atoms. The van der Waals surface area contributed by atoms with Gasteiger partial charge in [0.05, 0.1) is 6.61 Å². The van der Waals surface area contributed by atoms with E-state index in [0.29, 0.717) is 23.4 Å². The van der Waals surface area contributed by atoms with Crippen molar-refractivity contribution in [1.82, 2.24) is 4.98 Å². The first-order valence-corrected chi connectivity index (χ1v) is 10.3. The second-order valence-corrected chi connectivity index (χ2v) is 7.19. The van der Waals surface area contributed by atoms with Crippen molar-refractivity contribution < 1.29 is 18.2 Å². The second kappa shape index (κ2) is 9.60. The van der Waals surface area contributed by atoms with E-state index in [1.807, 2.05) is 30.3 Å². The summed E-state index contributed by atoms with van der Waals surface area (Å²) in [6, 6.07) is 16.7. The van der Waals surface area contributed by atoms with E-state index in [9.17, 15) is 13.4 Å². The topological polar surface area (TPSA) is 42.1 Å². The smallest absolute Gasteiger partial charge is 0.351 e. The number of benzene rings is 2. The summed E-state index contributed by atoms with van der Waals surface area (Å²) in [6.45, 7) is 3.25. The van der Waals surface area contributed by atoms with E-state index >= 15 is 0 Å². The molecule has 0 radical (unpaired) electrons. The Labute approximate surface area is 181 Å². The Kier molecular flexibility index (Phi) is 6.90. The van der Waals surface area contributed by atoms with E-state index in [4.69, 9.17) is 4.74 Å². The molecule has 3 nitrogen and oxygen atoms in total. The summed E-state index contributed by atoms with van der Waals surface area (Å²) < 4.78 is 34.6. The third kappa shape index (κ3) is 5.02. The predicted octanol–water partition coefficient (Wildman–Crippen LogP) is 6.60. The molecule has 0 fully saturated rings. The van der Waals surface area contributed by atoms with Gasteiger partial charge in [-0.3, -0.25) is 0 Å². The second-order valence-electron chi connectivity index (χ2n) is 7.19. The van der Waals surface area contributed by atoms with Crippen LogP contribution in [0, 0.1) is 0 Å². The van der Waals surface area contributed by atoms with Crippen molar-refractivity contribution >= 4 is 35.2 Å². The zero-order valence-electron chi connectivity index (χ0n) is 17.7. The van der Waals surface area contributed by atoms with Crippen LogP contribution >= 0.6 is 0 Å². The van der Waals surface area contributed by atoms with Gasteiger partial charge in [0.25, 0.3) is 0 Å². The lowest BCUT2D eigenvalue weighted by atomic mass is 9.55. The van der Waals surface area contributed by atoms with Gasteiger partial charge in [0, 0.05) is 22.7 Å². The highest BCUT2D eigenvalue weighted by molar-refractivity contribution is 6.79. The van der Waals surface area contributed by atoms with E-state index in [1.54, 1.807) is 44.2 Å². The van der Waals surface area contributed by atoms with Gasteiger partial charge >= 0.3 is 12.7 Å². The number of hydrogen-bond donors (Lipinski definition) is 1. The first kappa shape index (κ1) is 22.3. The van der Waals surface area contributed by atoms with E-state index < -0.39 is 12.7 Å². The molecule has 0 atom stereocenters. The molecule has 0 aliphatic carbocycles. The van der Waals surface area contributed by atoms with Crippen molar-refractivity contribution in [1.29, 1.82) is 0 Å². The fourth-order valence-corrected chi connectivity index (χ4v) is 3.62. The Morgan fingerprint density at radius 2 is 1.84 bits per heavy atom. The van der Waals surface area contributed by atoms with E-state index in [2.05, 4.69) is 11.6 Å². The Morgan fingerprint density at radius 1 is 1.13 bits per heavy atom. The number of fused-ring (bicyclic) bond motifs is 1.